The molecule has 166 valence electrons. The number of carbonyl (C=O) groups is 3. The monoisotopic (exact) mass is 427 g/mol. The number of hydrogen-bond donors (Lipinski definition) is 2. The van der Waals surface area contributed by atoms with Gasteiger partial charge in [0.25, 0.3) is 0 Å². The summed E-state index contributed by atoms with van der Waals surface area (Å²) in [6.07, 6.45) is 2.56. The summed E-state index contributed by atoms with van der Waals surface area (Å²) in [7, 11) is 0. The molecule has 0 radical (unpaired) electrons. The van der Waals surface area contributed by atoms with Crippen LogP contribution in [-0.4, -0.2) is 41.0 Å². The molecule has 0 unspecified atom stereocenters. The molecule has 2 heterocycles. The number of carbonyl (C=O) groups excluding carboxylic acids is 3. The minimum absolute atomic E-state index is 0.256. The smallest absolute Gasteiger partial charge is 0.329 e. The van der Waals surface area contributed by atoms with Gasteiger partial charge in [-0.15, -0.1) is 0 Å². The second-order valence-electron chi connectivity index (χ2n) is 8.64. The van der Waals surface area contributed by atoms with Crippen molar-refractivity contribution < 1.29 is 23.5 Å². The molecule has 1 aliphatic heterocycles. The third-order valence-electron chi connectivity index (χ3n) is 4.90. The first kappa shape index (κ1) is 22.4. The van der Waals surface area contributed by atoms with Gasteiger partial charge in [-0.2, -0.15) is 0 Å². The SMILES string of the molecule is Cc1cccc(NC(=O)NCC(=O)N2[C@@H](c3ccco3)CC[C@H]2C(=O)OC(C)(C)C)c1. The zero-order valence-electron chi connectivity index (χ0n) is 18.3. The summed E-state index contributed by atoms with van der Waals surface area (Å²) < 4.78 is 11.0. The van der Waals surface area contributed by atoms with Gasteiger partial charge in [-0.25, -0.2) is 9.59 Å². The Kier molecular flexibility index (Phi) is 6.68. The fraction of sp³-hybridized carbons (Fsp3) is 0.435. The number of esters is 1. The third-order valence-corrected chi connectivity index (χ3v) is 4.90. The summed E-state index contributed by atoms with van der Waals surface area (Å²) in [5.74, 6) is -0.239. The lowest BCUT2D eigenvalue weighted by molar-refractivity contribution is -0.164. The second kappa shape index (κ2) is 9.24. The van der Waals surface area contributed by atoms with Gasteiger partial charge in [0.1, 0.15) is 17.4 Å². The number of likely N-dealkylation sites (tertiary alicyclic amines) is 1. The molecule has 2 atom stereocenters. The van der Waals surface area contributed by atoms with E-state index in [9.17, 15) is 14.4 Å². The van der Waals surface area contributed by atoms with Crippen LogP contribution in [0.15, 0.2) is 47.1 Å². The summed E-state index contributed by atoms with van der Waals surface area (Å²) in [6.45, 7) is 7.02. The number of furan rings is 1. The molecule has 1 saturated heterocycles. The maximum Gasteiger partial charge on any atom is 0.329 e. The zero-order valence-corrected chi connectivity index (χ0v) is 18.3. The van der Waals surface area contributed by atoms with Crippen molar-refractivity contribution in [2.45, 2.75) is 58.2 Å². The molecule has 1 aliphatic rings. The fourth-order valence-electron chi connectivity index (χ4n) is 3.67. The van der Waals surface area contributed by atoms with Gasteiger partial charge in [-0.05, 0) is 70.4 Å². The summed E-state index contributed by atoms with van der Waals surface area (Å²) >= 11 is 0. The van der Waals surface area contributed by atoms with E-state index in [1.807, 2.05) is 25.1 Å². The molecule has 1 fully saturated rings. The van der Waals surface area contributed by atoms with Crippen LogP contribution < -0.4 is 10.6 Å². The Morgan fingerprint density at radius 2 is 1.94 bits per heavy atom. The molecule has 0 aliphatic carbocycles. The first-order chi connectivity index (χ1) is 14.6. The average Bonchev–Trinajstić information content (AvgIpc) is 3.34. The van der Waals surface area contributed by atoms with E-state index in [2.05, 4.69) is 10.6 Å². The minimum Gasteiger partial charge on any atom is -0.467 e. The van der Waals surface area contributed by atoms with E-state index in [1.54, 1.807) is 39.0 Å². The number of aryl methyl sites for hydroxylation is 1. The number of nitrogens with zero attached hydrogens (tertiary/aromatic N) is 1. The molecular weight excluding hydrogens is 398 g/mol. The van der Waals surface area contributed by atoms with Gasteiger partial charge in [-0.3, -0.25) is 4.79 Å². The standard InChI is InChI=1S/C23H29N3O5/c1-15-7-5-8-16(13-15)25-22(29)24-14-20(27)26-17(19-9-6-12-30-19)10-11-18(26)21(28)31-23(2,3)4/h5-9,12-13,17-18H,10-11,14H2,1-4H3,(H2,24,25,29)/t17-,18+/m1/s1. The number of urea groups is 1. The van der Waals surface area contributed by atoms with E-state index in [0.29, 0.717) is 24.3 Å². The lowest BCUT2D eigenvalue weighted by Gasteiger charge is -2.30. The van der Waals surface area contributed by atoms with Crippen LogP contribution in [0.4, 0.5) is 10.5 Å². The maximum atomic E-state index is 13.1. The van der Waals surface area contributed by atoms with Crippen LogP contribution in [0, 0.1) is 6.92 Å². The van der Waals surface area contributed by atoms with Gasteiger partial charge in [0, 0.05) is 5.69 Å². The highest BCUT2D eigenvalue weighted by atomic mass is 16.6. The molecule has 2 N–H and O–H groups in total. The van der Waals surface area contributed by atoms with Crippen LogP contribution in [0.1, 0.15) is 51.0 Å². The van der Waals surface area contributed by atoms with Crippen molar-refractivity contribution in [3.63, 3.8) is 0 Å². The van der Waals surface area contributed by atoms with Crippen LogP contribution in [-0.2, 0) is 14.3 Å². The molecular formula is C23H29N3O5. The Morgan fingerprint density at radius 1 is 1.16 bits per heavy atom. The van der Waals surface area contributed by atoms with Crippen molar-refractivity contribution >= 4 is 23.6 Å². The number of benzene rings is 1. The molecule has 3 amide bonds. The van der Waals surface area contributed by atoms with E-state index >= 15 is 0 Å². The summed E-state index contributed by atoms with van der Waals surface area (Å²) in [4.78, 5) is 39.6. The van der Waals surface area contributed by atoms with Gasteiger partial charge >= 0.3 is 12.0 Å². The van der Waals surface area contributed by atoms with Gasteiger partial charge in [-0.1, -0.05) is 12.1 Å². The fourth-order valence-corrected chi connectivity index (χ4v) is 3.67. The second-order valence-corrected chi connectivity index (χ2v) is 8.64. The Balaban J connectivity index is 1.69. The van der Waals surface area contributed by atoms with Crippen LogP contribution in [0.3, 0.4) is 0 Å². The van der Waals surface area contributed by atoms with Crippen molar-refractivity contribution in [2.24, 2.45) is 0 Å². The van der Waals surface area contributed by atoms with Crippen molar-refractivity contribution in [3.05, 3.63) is 54.0 Å². The summed E-state index contributed by atoms with van der Waals surface area (Å²) in [5.41, 5.74) is 0.971. The first-order valence-electron chi connectivity index (χ1n) is 10.3. The van der Waals surface area contributed by atoms with Crippen molar-refractivity contribution in [2.75, 3.05) is 11.9 Å². The maximum absolute atomic E-state index is 13.1. The number of amides is 3. The minimum atomic E-state index is -0.733. The molecule has 31 heavy (non-hydrogen) atoms. The lowest BCUT2D eigenvalue weighted by atomic mass is 10.1. The van der Waals surface area contributed by atoms with Crippen LogP contribution in [0.25, 0.3) is 0 Å². The van der Waals surface area contributed by atoms with Crippen LogP contribution in [0.5, 0.6) is 0 Å². The average molecular weight is 428 g/mol. The van der Waals surface area contributed by atoms with Gasteiger partial charge in [0.05, 0.1) is 18.8 Å². The van der Waals surface area contributed by atoms with Crippen molar-refractivity contribution in [1.82, 2.24) is 10.2 Å². The number of hydrogen-bond acceptors (Lipinski definition) is 5. The Labute approximate surface area is 181 Å². The van der Waals surface area contributed by atoms with E-state index in [-0.39, 0.29) is 18.5 Å². The predicted octanol–water partition coefficient (Wildman–Crippen LogP) is 3.78. The Hall–Kier alpha value is -3.29. The highest BCUT2D eigenvalue weighted by Gasteiger charge is 2.44. The molecule has 3 rings (SSSR count). The summed E-state index contributed by atoms with van der Waals surface area (Å²) in [6, 6.07) is 9.25. The molecule has 1 aromatic carbocycles. The molecule has 2 aromatic rings. The largest absolute Gasteiger partial charge is 0.467 e. The van der Waals surface area contributed by atoms with E-state index < -0.39 is 23.6 Å². The van der Waals surface area contributed by atoms with E-state index in [1.165, 1.54) is 11.2 Å². The third kappa shape index (κ3) is 5.87. The number of ether oxygens (including phenoxy) is 1. The Bertz CT molecular complexity index is 933. The molecule has 0 bridgehead atoms. The Morgan fingerprint density at radius 3 is 2.58 bits per heavy atom. The van der Waals surface area contributed by atoms with Crippen molar-refractivity contribution in [1.29, 1.82) is 0 Å². The molecule has 0 spiro atoms. The summed E-state index contributed by atoms with van der Waals surface area (Å²) in [5, 5.41) is 5.28. The topological polar surface area (TPSA) is 101 Å². The molecule has 1 aromatic heterocycles. The van der Waals surface area contributed by atoms with Gasteiger partial charge in [0.2, 0.25) is 5.91 Å². The molecule has 8 nitrogen and oxygen atoms in total. The van der Waals surface area contributed by atoms with Gasteiger partial charge in [0.15, 0.2) is 0 Å². The highest BCUT2D eigenvalue weighted by Crippen LogP contribution is 2.37. The highest BCUT2D eigenvalue weighted by molar-refractivity contribution is 5.93. The van der Waals surface area contributed by atoms with Crippen LogP contribution >= 0.6 is 0 Å². The van der Waals surface area contributed by atoms with E-state index in [4.69, 9.17) is 9.15 Å². The molecule has 0 saturated carbocycles. The van der Waals surface area contributed by atoms with E-state index in [0.717, 1.165) is 5.56 Å². The van der Waals surface area contributed by atoms with Gasteiger partial charge < -0.3 is 24.7 Å². The molecule has 8 heteroatoms. The normalized spacial score (nSPS) is 18.5. The lowest BCUT2D eigenvalue weighted by Crippen LogP contribution is -2.48. The van der Waals surface area contributed by atoms with Crippen molar-refractivity contribution in [3.8, 4) is 0 Å². The number of rotatable bonds is 5. The predicted molar refractivity (Wildman–Crippen MR) is 115 cm³/mol. The number of anilines is 1. The van der Waals surface area contributed by atoms with Crippen LogP contribution in [0.2, 0.25) is 0 Å². The number of nitrogens with one attached hydrogen (secondary N) is 2. The quantitative estimate of drug-likeness (QED) is 0.707. The first-order valence-corrected chi connectivity index (χ1v) is 10.3. The zero-order chi connectivity index (χ0) is 22.6.